The van der Waals surface area contributed by atoms with Gasteiger partial charge in [0.2, 0.25) is 0 Å². The molecule has 0 aliphatic heterocycles. The van der Waals surface area contributed by atoms with Crippen LogP contribution in [0.3, 0.4) is 0 Å². The number of carboxylic acid groups (broad SMARTS) is 1. The first kappa shape index (κ1) is 15.5. The molecule has 0 unspecified atom stereocenters. The molecule has 0 fully saturated rings. The first-order valence-corrected chi connectivity index (χ1v) is 7.17. The zero-order chi connectivity index (χ0) is 15.4. The summed E-state index contributed by atoms with van der Waals surface area (Å²) in [5.74, 6) is -1.50. The highest BCUT2D eigenvalue weighted by atomic mass is 35.5. The molecule has 8 heteroatoms. The number of nitrogens with one attached hydrogen (secondary N) is 1. The van der Waals surface area contributed by atoms with Crippen molar-refractivity contribution >= 4 is 57.6 Å². The van der Waals surface area contributed by atoms with Crippen LogP contribution in [-0.2, 0) is 4.79 Å². The maximum absolute atomic E-state index is 12.1. The lowest BCUT2D eigenvalue weighted by Gasteiger charge is -2.04. The number of aromatic nitrogens is 1. The predicted molar refractivity (Wildman–Crippen MR) is 83.2 cm³/mol. The van der Waals surface area contributed by atoms with E-state index >= 15 is 0 Å². The molecule has 0 saturated heterocycles. The van der Waals surface area contributed by atoms with Gasteiger partial charge in [-0.15, -0.1) is 0 Å². The van der Waals surface area contributed by atoms with Crippen molar-refractivity contribution in [3.05, 3.63) is 51.0 Å². The number of anilines is 1. The Morgan fingerprint density at radius 2 is 2.10 bits per heavy atom. The van der Waals surface area contributed by atoms with Crippen LogP contribution in [0, 0.1) is 0 Å². The molecule has 2 aromatic rings. The maximum Gasteiger partial charge on any atom is 0.328 e. The lowest BCUT2D eigenvalue weighted by Crippen LogP contribution is -2.12. The summed E-state index contributed by atoms with van der Waals surface area (Å²) in [4.78, 5) is 27.1. The minimum absolute atomic E-state index is 0.166. The standard InChI is InChI=1S/C13H8Cl2N2O3S/c14-9-3-1-2-8(11(9)15)12(20)17-13-16-6-7(21-13)4-5-10(18)19/h1-6H,(H,18,19)(H,16,17,20). The Hall–Kier alpha value is -1.89. The SMILES string of the molecule is O=C(O)C=Cc1cnc(NC(=O)c2cccc(Cl)c2Cl)s1. The zero-order valence-corrected chi connectivity index (χ0v) is 12.7. The molecule has 0 bridgehead atoms. The number of carbonyl (C=O) groups excluding carboxylic acids is 1. The number of benzene rings is 1. The van der Waals surface area contributed by atoms with Crippen LogP contribution >= 0.6 is 34.5 Å². The number of thiazole rings is 1. The second-order valence-electron chi connectivity index (χ2n) is 3.79. The molecule has 2 rings (SSSR count). The van der Waals surface area contributed by atoms with Crippen molar-refractivity contribution in [2.75, 3.05) is 5.32 Å². The van der Waals surface area contributed by atoms with Gasteiger partial charge in [0.05, 0.1) is 15.6 Å². The van der Waals surface area contributed by atoms with Crippen LogP contribution in [0.15, 0.2) is 30.5 Å². The third-order valence-corrected chi connectivity index (χ3v) is 4.03. The van der Waals surface area contributed by atoms with Crippen molar-refractivity contribution in [2.24, 2.45) is 0 Å². The zero-order valence-electron chi connectivity index (χ0n) is 10.3. The van der Waals surface area contributed by atoms with Crippen LogP contribution in [0.1, 0.15) is 15.2 Å². The molecule has 0 saturated carbocycles. The van der Waals surface area contributed by atoms with E-state index in [0.717, 1.165) is 17.4 Å². The van der Waals surface area contributed by atoms with Crippen LogP contribution in [0.2, 0.25) is 10.0 Å². The van der Waals surface area contributed by atoms with Crippen molar-refractivity contribution in [2.45, 2.75) is 0 Å². The minimum Gasteiger partial charge on any atom is -0.478 e. The van der Waals surface area contributed by atoms with Crippen LogP contribution in [0.4, 0.5) is 5.13 Å². The summed E-state index contributed by atoms with van der Waals surface area (Å²) in [5, 5.41) is 11.9. The topological polar surface area (TPSA) is 79.3 Å². The van der Waals surface area contributed by atoms with Crippen molar-refractivity contribution in [1.29, 1.82) is 0 Å². The summed E-state index contributed by atoms with van der Waals surface area (Å²) in [6, 6.07) is 4.74. The molecule has 0 atom stereocenters. The quantitative estimate of drug-likeness (QED) is 0.828. The van der Waals surface area contributed by atoms with Crippen LogP contribution < -0.4 is 5.32 Å². The van der Waals surface area contributed by atoms with Gasteiger partial charge in [-0.1, -0.05) is 40.6 Å². The molecule has 0 radical (unpaired) electrons. The average molecular weight is 343 g/mol. The van der Waals surface area contributed by atoms with Gasteiger partial charge in [-0.25, -0.2) is 9.78 Å². The Bertz CT molecular complexity index is 728. The Kier molecular flexibility index (Phi) is 4.95. The molecule has 0 spiro atoms. The Labute approximate surface area is 133 Å². The number of carbonyl (C=O) groups is 2. The van der Waals surface area contributed by atoms with Gasteiger partial charge in [0.25, 0.3) is 5.91 Å². The predicted octanol–water partition coefficient (Wildman–Crippen LogP) is 3.80. The van der Waals surface area contributed by atoms with E-state index in [1.807, 2.05) is 0 Å². The summed E-state index contributed by atoms with van der Waals surface area (Å²) in [6.45, 7) is 0. The van der Waals surface area contributed by atoms with Gasteiger partial charge >= 0.3 is 5.97 Å². The molecule has 1 aromatic carbocycles. The van der Waals surface area contributed by atoms with E-state index in [-0.39, 0.29) is 15.6 Å². The summed E-state index contributed by atoms with van der Waals surface area (Å²) < 4.78 is 0. The van der Waals surface area contributed by atoms with Crippen molar-refractivity contribution in [3.8, 4) is 0 Å². The largest absolute Gasteiger partial charge is 0.478 e. The Morgan fingerprint density at radius 1 is 1.33 bits per heavy atom. The summed E-state index contributed by atoms with van der Waals surface area (Å²) in [7, 11) is 0. The first-order valence-electron chi connectivity index (χ1n) is 5.59. The van der Waals surface area contributed by atoms with E-state index in [9.17, 15) is 9.59 Å². The van der Waals surface area contributed by atoms with E-state index < -0.39 is 11.9 Å². The highest BCUT2D eigenvalue weighted by Gasteiger charge is 2.14. The van der Waals surface area contributed by atoms with Gasteiger partial charge in [-0.05, 0) is 18.2 Å². The van der Waals surface area contributed by atoms with Gasteiger partial charge in [0, 0.05) is 17.2 Å². The minimum atomic E-state index is -1.06. The third-order valence-electron chi connectivity index (χ3n) is 2.33. The highest BCUT2D eigenvalue weighted by Crippen LogP contribution is 2.27. The fourth-order valence-electron chi connectivity index (χ4n) is 1.42. The van der Waals surface area contributed by atoms with E-state index in [1.165, 1.54) is 12.3 Å². The molecule has 0 aliphatic rings. The summed E-state index contributed by atoms with van der Waals surface area (Å²) in [6.07, 6.45) is 3.84. The van der Waals surface area contributed by atoms with Gasteiger partial charge < -0.3 is 5.11 Å². The maximum atomic E-state index is 12.1. The molecule has 2 N–H and O–H groups in total. The van der Waals surface area contributed by atoms with E-state index in [4.69, 9.17) is 28.3 Å². The molecule has 1 aromatic heterocycles. The molecular weight excluding hydrogens is 335 g/mol. The fraction of sp³-hybridized carbons (Fsp3) is 0. The average Bonchev–Trinajstić information content (AvgIpc) is 2.87. The monoisotopic (exact) mass is 342 g/mol. The van der Waals surface area contributed by atoms with Crippen LogP contribution in [0.5, 0.6) is 0 Å². The summed E-state index contributed by atoms with van der Waals surface area (Å²) in [5.41, 5.74) is 0.238. The molecule has 21 heavy (non-hydrogen) atoms. The molecule has 108 valence electrons. The fourth-order valence-corrected chi connectivity index (χ4v) is 2.52. The van der Waals surface area contributed by atoms with Gasteiger partial charge in [0.1, 0.15) is 0 Å². The molecule has 1 heterocycles. The van der Waals surface area contributed by atoms with E-state index in [2.05, 4.69) is 10.3 Å². The van der Waals surface area contributed by atoms with Crippen molar-refractivity contribution < 1.29 is 14.7 Å². The van der Waals surface area contributed by atoms with Crippen molar-refractivity contribution in [1.82, 2.24) is 4.98 Å². The van der Waals surface area contributed by atoms with Crippen LogP contribution in [-0.4, -0.2) is 22.0 Å². The van der Waals surface area contributed by atoms with Gasteiger partial charge in [-0.3, -0.25) is 10.1 Å². The lowest BCUT2D eigenvalue weighted by atomic mass is 10.2. The third kappa shape index (κ3) is 4.04. The molecular formula is C13H8Cl2N2O3S. The van der Waals surface area contributed by atoms with Crippen molar-refractivity contribution in [3.63, 3.8) is 0 Å². The molecule has 0 aliphatic carbocycles. The number of halogens is 2. The Morgan fingerprint density at radius 3 is 2.81 bits per heavy atom. The number of hydrogen-bond donors (Lipinski definition) is 2. The number of carboxylic acids is 1. The normalized spacial score (nSPS) is 10.8. The number of amides is 1. The summed E-state index contributed by atoms with van der Waals surface area (Å²) >= 11 is 12.9. The Balaban J connectivity index is 2.13. The highest BCUT2D eigenvalue weighted by molar-refractivity contribution is 7.16. The lowest BCUT2D eigenvalue weighted by molar-refractivity contribution is -0.131. The number of hydrogen-bond acceptors (Lipinski definition) is 4. The number of rotatable bonds is 4. The smallest absolute Gasteiger partial charge is 0.328 e. The first-order chi connectivity index (χ1) is 9.97. The number of aliphatic carboxylic acids is 1. The molecule has 5 nitrogen and oxygen atoms in total. The van der Waals surface area contributed by atoms with E-state index in [1.54, 1.807) is 18.2 Å². The van der Waals surface area contributed by atoms with Gasteiger partial charge in [-0.2, -0.15) is 0 Å². The van der Waals surface area contributed by atoms with Crippen LogP contribution in [0.25, 0.3) is 6.08 Å². The second kappa shape index (κ2) is 6.71. The second-order valence-corrected chi connectivity index (χ2v) is 5.64. The number of nitrogens with zero attached hydrogens (tertiary/aromatic N) is 1. The molecule has 1 amide bonds. The van der Waals surface area contributed by atoms with Gasteiger partial charge in [0.15, 0.2) is 5.13 Å². The van der Waals surface area contributed by atoms with E-state index in [0.29, 0.717) is 10.0 Å².